The van der Waals surface area contributed by atoms with E-state index in [1.54, 1.807) is 0 Å². The van der Waals surface area contributed by atoms with Crippen molar-refractivity contribution in [2.24, 2.45) is 11.8 Å². The lowest BCUT2D eigenvalue weighted by molar-refractivity contribution is 0.291. The maximum Gasteiger partial charge on any atom is 0.147 e. The van der Waals surface area contributed by atoms with Crippen molar-refractivity contribution in [3.8, 4) is 0 Å². The number of sulfone groups is 1. The van der Waals surface area contributed by atoms with Gasteiger partial charge in [0.15, 0.2) is 0 Å². The molecule has 0 heterocycles. The lowest BCUT2D eigenvalue weighted by Crippen LogP contribution is -2.37. The first-order valence-corrected chi connectivity index (χ1v) is 8.71. The lowest BCUT2D eigenvalue weighted by atomic mass is 9.84. The predicted octanol–water partition coefficient (Wildman–Crippen LogP) is 1.61. The highest BCUT2D eigenvalue weighted by Crippen LogP contribution is 2.28. The van der Waals surface area contributed by atoms with E-state index in [1.807, 2.05) is 0 Å². The quantitative estimate of drug-likeness (QED) is 0.540. The molecule has 0 spiro atoms. The Kier molecular flexibility index (Phi) is 6.44. The van der Waals surface area contributed by atoms with Crippen molar-refractivity contribution in [2.75, 3.05) is 12.0 Å². The van der Waals surface area contributed by atoms with Gasteiger partial charge in [0, 0.05) is 18.1 Å². The zero-order valence-corrected chi connectivity index (χ0v) is 11.6. The Labute approximate surface area is 105 Å². The minimum absolute atomic E-state index is 0.274. The van der Waals surface area contributed by atoms with Crippen molar-refractivity contribution < 1.29 is 8.42 Å². The van der Waals surface area contributed by atoms with Gasteiger partial charge in [-0.25, -0.2) is 8.42 Å². The summed E-state index contributed by atoms with van der Waals surface area (Å²) in [6.45, 7) is 0. The normalized spacial score (nSPS) is 20.4. The van der Waals surface area contributed by atoms with Gasteiger partial charge in [0.1, 0.15) is 9.84 Å². The molecule has 102 valence electrons. The van der Waals surface area contributed by atoms with Crippen LogP contribution in [0, 0.1) is 5.92 Å². The molecule has 1 rings (SSSR count). The summed E-state index contributed by atoms with van der Waals surface area (Å²) in [6.07, 6.45) is 10.6. The highest BCUT2D eigenvalue weighted by atomic mass is 32.2. The van der Waals surface area contributed by atoms with Crippen molar-refractivity contribution in [3.05, 3.63) is 0 Å². The molecule has 4 nitrogen and oxygen atoms in total. The van der Waals surface area contributed by atoms with Gasteiger partial charge in [-0.15, -0.1) is 0 Å². The van der Waals surface area contributed by atoms with E-state index >= 15 is 0 Å². The summed E-state index contributed by atoms with van der Waals surface area (Å²) in [4.78, 5) is 0. The van der Waals surface area contributed by atoms with Gasteiger partial charge in [-0.2, -0.15) is 0 Å². The molecule has 0 aromatic heterocycles. The van der Waals surface area contributed by atoms with Gasteiger partial charge in [-0.1, -0.05) is 32.1 Å². The molecule has 1 unspecified atom stereocenters. The molecule has 1 aliphatic rings. The molecule has 5 heteroatoms. The van der Waals surface area contributed by atoms with E-state index in [2.05, 4.69) is 5.43 Å². The molecule has 0 amide bonds. The number of rotatable bonds is 7. The topological polar surface area (TPSA) is 72.2 Å². The minimum Gasteiger partial charge on any atom is -0.271 e. The summed E-state index contributed by atoms with van der Waals surface area (Å²) < 4.78 is 22.1. The van der Waals surface area contributed by atoms with Crippen LogP contribution in [0.4, 0.5) is 0 Å². The Morgan fingerprint density at radius 1 is 1.29 bits per heavy atom. The molecule has 0 aromatic rings. The standard InChI is InChI=1S/C12H26N2O2S/c1-17(15,16)9-5-8-12(14-13)10-11-6-3-2-4-7-11/h11-12,14H,2-10,13H2,1H3. The fourth-order valence-electron chi connectivity index (χ4n) is 2.69. The fourth-order valence-corrected chi connectivity index (χ4v) is 3.38. The lowest BCUT2D eigenvalue weighted by Gasteiger charge is -2.26. The van der Waals surface area contributed by atoms with Crippen LogP contribution in [0.5, 0.6) is 0 Å². The highest BCUT2D eigenvalue weighted by Gasteiger charge is 2.18. The molecule has 3 N–H and O–H groups in total. The first-order chi connectivity index (χ1) is 8.01. The van der Waals surface area contributed by atoms with Crippen LogP contribution >= 0.6 is 0 Å². The maximum atomic E-state index is 11.0. The third-order valence-electron chi connectivity index (χ3n) is 3.65. The molecule has 0 bridgehead atoms. The molecule has 1 atom stereocenters. The molecular weight excluding hydrogens is 236 g/mol. The number of hydrogen-bond acceptors (Lipinski definition) is 4. The monoisotopic (exact) mass is 262 g/mol. The van der Waals surface area contributed by atoms with Crippen molar-refractivity contribution in [1.82, 2.24) is 5.43 Å². The van der Waals surface area contributed by atoms with Crippen molar-refractivity contribution in [3.63, 3.8) is 0 Å². The summed E-state index contributed by atoms with van der Waals surface area (Å²) in [5.41, 5.74) is 2.84. The van der Waals surface area contributed by atoms with E-state index in [0.717, 1.165) is 18.8 Å². The Morgan fingerprint density at radius 2 is 1.94 bits per heavy atom. The smallest absolute Gasteiger partial charge is 0.147 e. The molecule has 1 fully saturated rings. The van der Waals surface area contributed by atoms with Crippen LogP contribution in [0.2, 0.25) is 0 Å². The van der Waals surface area contributed by atoms with Crippen LogP contribution in [0.15, 0.2) is 0 Å². The Hall–Kier alpha value is -0.130. The molecule has 1 saturated carbocycles. The number of hydrazine groups is 1. The Balaban J connectivity index is 2.23. The van der Waals surface area contributed by atoms with Gasteiger partial charge in [-0.05, 0) is 25.2 Å². The summed E-state index contributed by atoms with van der Waals surface area (Å²) >= 11 is 0. The van der Waals surface area contributed by atoms with E-state index in [9.17, 15) is 8.42 Å². The van der Waals surface area contributed by atoms with Crippen LogP contribution in [0.3, 0.4) is 0 Å². The van der Waals surface area contributed by atoms with Crippen LogP contribution in [0.25, 0.3) is 0 Å². The molecular formula is C12H26N2O2S. The number of hydrogen-bond donors (Lipinski definition) is 2. The summed E-state index contributed by atoms with van der Waals surface area (Å²) in [6, 6.07) is 0.278. The maximum absolute atomic E-state index is 11.0. The van der Waals surface area contributed by atoms with Gasteiger partial charge in [0.05, 0.1) is 0 Å². The Morgan fingerprint density at radius 3 is 2.47 bits per heavy atom. The van der Waals surface area contributed by atoms with Crippen molar-refractivity contribution >= 4 is 9.84 Å². The SMILES string of the molecule is CS(=O)(=O)CCCC(CC1CCCCC1)NN. The van der Waals surface area contributed by atoms with Gasteiger partial charge < -0.3 is 0 Å². The molecule has 0 aromatic carbocycles. The average molecular weight is 262 g/mol. The third kappa shape index (κ3) is 7.01. The highest BCUT2D eigenvalue weighted by molar-refractivity contribution is 7.90. The largest absolute Gasteiger partial charge is 0.271 e. The summed E-state index contributed by atoms with van der Waals surface area (Å²) in [5, 5.41) is 0. The first-order valence-electron chi connectivity index (χ1n) is 6.65. The van der Waals surface area contributed by atoms with Crippen LogP contribution in [-0.4, -0.2) is 26.5 Å². The predicted molar refractivity (Wildman–Crippen MR) is 71.2 cm³/mol. The van der Waals surface area contributed by atoms with Crippen molar-refractivity contribution in [1.29, 1.82) is 0 Å². The average Bonchev–Trinajstić information content (AvgIpc) is 2.27. The second kappa shape index (κ2) is 7.34. The van der Waals surface area contributed by atoms with E-state index in [-0.39, 0.29) is 11.8 Å². The third-order valence-corrected chi connectivity index (χ3v) is 4.68. The van der Waals surface area contributed by atoms with Crippen LogP contribution in [-0.2, 0) is 9.84 Å². The summed E-state index contributed by atoms with van der Waals surface area (Å²) in [7, 11) is -2.83. The van der Waals surface area contributed by atoms with Crippen molar-refractivity contribution in [2.45, 2.75) is 57.4 Å². The van der Waals surface area contributed by atoms with Gasteiger partial charge >= 0.3 is 0 Å². The van der Waals surface area contributed by atoms with Gasteiger partial charge in [0.25, 0.3) is 0 Å². The zero-order valence-electron chi connectivity index (χ0n) is 10.8. The van der Waals surface area contributed by atoms with E-state index < -0.39 is 9.84 Å². The molecule has 17 heavy (non-hydrogen) atoms. The van der Waals surface area contributed by atoms with Crippen LogP contribution in [0.1, 0.15) is 51.4 Å². The number of nitrogens with two attached hydrogens (primary N) is 1. The number of nitrogens with one attached hydrogen (secondary N) is 1. The van der Waals surface area contributed by atoms with E-state index in [1.165, 1.54) is 38.4 Å². The zero-order chi connectivity index (χ0) is 12.7. The second-order valence-electron chi connectivity index (χ2n) is 5.38. The fraction of sp³-hybridized carbons (Fsp3) is 1.00. The molecule has 0 radical (unpaired) electrons. The van der Waals surface area contributed by atoms with E-state index in [0.29, 0.717) is 6.42 Å². The van der Waals surface area contributed by atoms with Gasteiger partial charge in [-0.3, -0.25) is 11.3 Å². The van der Waals surface area contributed by atoms with Gasteiger partial charge in [0.2, 0.25) is 0 Å². The minimum atomic E-state index is -2.83. The second-order valence-corrected chi connectivity index (χ2v) is 7.64. The molecule has 0 aliphatic heterocycles. The van der Waals surface area contributed by atoms with Crippen LogP contribution < -0.4 is 11.3 Å². The first kappa shape index (κ1) is 14.9. The Bertz CT molecular complexity index is 298. The molecule has 0 saturated heterocycles. The van der Waals surface area contributed by atoms with E-state index in [4.69, 9.17) is 5.84 Å². The summed E-state index contributed by atoms with van der Waals surface area (Å²) in [5.74, 6) is 6.59. The molecule has 1 aliphatic carbocycles.